The fourth-order valence-electron chi connectivity index (χ4n) is 3.54. The minimum absolute atomic E-state index is 0.00842. The Kier molecular flexibility index (Phi) is 8.10. The first-order valence-electron chi connectivity index (χ1n) is 10.7. The first-order valence-corrected chi connectivity index (χ1v) is 12.6. The van der Waals surface area contributed by atoms with Gasteiger partial charge in [-0.1, -0.05) is 36.7 Å². The molecule has 1 saturated heterocycles. The first kappa shape index (κ1) is 24.7. The minimum Gasteiger partial charge on any atom is -0.339 e. The molecule has 1 aliphatic heterocycles. The number of hydrogen-bond acceptors (Lipinski definition) is 5. The van der Waals surface area contributed by atoms with Crippen LogP contribution in [0.5, 0.6) is 0 Å². The summed E-state index contributed by atoms with van der Waals surface area (Å²) in [6.07, 6.45) is 1.15. The smallest absolute Gasteiger partial charge is 0.261 e. The molecule has 0 aromatic heterocycles. The number of rotatable bonds is 7. The molecule has 0 aliphatic carbocycles. The van der Waals surface area contributed by atoms with Crippen LogP contribution in [0.4, 0.5) is 0 Å². The number of hydrogen-bond donors (Lipinski definition) is 1. The highest BCUT2D eigenvalue weighted by molar-refractivity contribution is 7.92. The standard InChI is InChI=1S/C23H26ClN3O5S/c1-2-6-20(28)26-13-15-27(16-14-26)23(30)22(33(31,32)19-7-4-3-5-8-19)25-21(29)17-9-11-18(24)12-10-17/h3-5,7-12,22H,2,6,13-16H2,1H3,(H,25,29)/t22-/m1/s1. The zero-order chi connectivity index (χ0) is 24.0. The Morgan fingerprint density at radius 2 is 1.52 bits per heavy atom. The van der Waals surface area contributed by atoms with Crippen molar-refractivity contribution in [3.8, 4) is 0 Å². The van der Waals surface area contributed by atoms with E-state index in [1.54, 1.807) is 23.1 Å². The topological polar surface area (TPSA) is 104 Å². The zero-order valence-electron chi connectivity index (χ0n) is 18.2. The van der Waals surface area contributed by atoms with Crippen molar-refractivity contribution < 1.29 is 22.8 Å². The lowest BCUT2D eigenvalue weighted by Gasteiger charge is -2.36. The number of piperazine rings is 1. The molecule has 1 heterocycles. The van der Waals surface area contributed by atoms with E-state index in [-0.39, 0.29) is 29.5 Å². The van der Waals surface area contributed by atoms with E-state index in [0.29, 0.717) is 24.5 Å². The summed E-state index contributed by atoms with van der Waals surface area (Å²) in [5.41, 5.74) is 0.176. The molecule has 0 bridgehead atoms. The van der Waals surface area contributed by atoms with Crippen molar-refractivity contribution in [3.63, 3.8) is 0 Å². The van der Waals surface area contributed by atoms with Crippen molar-refractivity contribution in [1.82, 2.24) is 15.1 Å². The van der Waals surface area contributed by atoms with Gasteiger partial charge >= 0.3 is 0 Å². The summed E-state index contributed by atoms with van der Waals surface area (Å²) in [4.78, 5) is 41.3. The summed E-state index contributed by atoms with van der Waals surface area (Å²) in [7, 11) is -4.23. The number of halogens is 1. The molecule has 176 valence electrons. The van der Waals surface area contributed by atoms with Crippen molar-refractivity contribution in [2.75, 3.05) is 26.2 Å². The number of nitrogens with one attached hydrogen (secondary N) is 1. The van der Waals surface area contributed by atoms with Gasteiger partial charge in [0.15, 0.2) is 0 Å². The van der Waals surface area contributed by atoms with Crippen LogP contribution >= 0.6 is 11.6 Å². The van der Waals surface area contributed by atoms with Crippen LogP contribution in [0.25, 0.3) is 0 Å². The van der Waals surface area contributed by atoms with E-state index in [0.717, 1.165) is 6.42 Å². The number of sulfone groups is 1. The molecular formula is C23H26ClN3O5S. The first-order chi connectivity index (χ1) is 15.7. The lowest BCUT2D eigenvalue weighted by molar-refractivity contribution is -0.139. The molecule has 10 heteroatoms. The Labute approximate surface area is 198 Å². The lowest BCUT2D eigenvalue weighted by Crippen LogP contribution is -2.57. The third kappa shape index (κ3) is 5.91. The molecular weight excluding hydrogens is 466 g/mol. The lowest BCUT2D eigenvalue weighted by atomic mass is 10.2. The normalized spacial score (nSPS) is 15.1. The Hall–Kier alpha value is -2.91. The highest BCUT2D eigenvalue weighted by Gasteiger charge is 2.39. The van der Waals surface area contributed by atoms with Crippen molar-refractivity contribution in [3.05, 3.63) is 65.2 Å². The maximum Gasteiger partial charge on any atom is 0.261 e. The molecule has 3 amide bonds. The summed E-state index contributed by atoms with van der Waals surface area (Å²) in [6.45, 7) is 2.92. The average molecular weight is 492 g/mol. The number of carbonyl (C=O) groups is 3. The summed E-state index contributed by atoms with van der Waals surface area (Å²) in [5, 5.41) is 1.02. The predicted octanol–water partition coefficient (Wildman–Crippen LogP) is 2.34. The summed E-state index contributed by atoms with van der Waals surface area (Å²) < 4.78 is 26.7. The van der Waals surface area contributed by atoms with Gasteiger partial charge in [0.05, 0.1) is 4.90 Å². The van der Waals surface area contributed by atoms with Gasteiger partial charge in [0, 0.05) is 43.2 Å². The summed E-state index contributed by atoms with van der Waals surface area (Å²) >= 11 is 5.86. The van der Waals surface area contributed by atoms with E-state index in [2.05, 4.69) is 5.32 Å². The maximum atomic E-state index is 13.3. The van der Waals surface area contributed by atoms with Gasteiger partial charge in [-0.05, 0) is 42.8 Å². The molecule has 1 aliphatic rings. The van der Waals surface area contributed by atoms with Crippen LogP contribution in [0, 0.1) is 0 Å². The van der Waals surface area contributed by atoms with Gasteiger partial charge in [0.1, 0.15) is 0 Å². The van der Waals surface area contributed by atoms with Gasteiger partial charge < -0.3 is 15.1 Å². The minimum atomic E-state index is -4.23. The second kappa shape index (κ2) is 10.8. The number of benzene rings is 2. The second-order valence-corrected chi connectivity index (χ2v) is 10.1. The molecule has 1 atom stereocenters. The number of nitrogens with zero attached hydrogens (tertiary/aromatic N) is 2. The van der Waals surface area contributed by atoms with Crippen LogP contribution in [0.15, 0.2) is 59.5 Å². The third-order valence-electron chi connectivity index (χ3n) is 5.38. The second-order valence-electron chi connectivity index (χ2n) is 7.67. The SMILES string of the molecule is CCCC(=O)N1CCN(C(=O)[C@H](NC(=O)c2ccc(Cl)cc2)S(=O)(=O)c2ccccc2)CC1. The van der Waals surface area contributed by atoms with E-state index in [4.69, 9.17) is 11.6 Å². The molecule has 0 unspecified atom stereocenters. The molecule has 0 saturated carbocycles. The van der Waals surface area contributed by atoms with Crippen molar-refractivity contribution >= 4 is 39.2 Å². The largest absolute Gasteiger partial charge is 0.339 e. The molecule has 33 heavy (non-hydrogen) atoms. The molecule has 2 aromatic rings. The van der Waals surface area contributed by atoms with Crippen LogP contribution in [0.2, 0.25) is 5.02 Å². The molecule has 8 nitrogen and oxygen atoms in total. The quantitative estimate of drug-likeness (QED) is 0.640. The molecule has 0 radical (unpaired) electrons. The third-order valence-corrected chi connectivity index (χ3v) is 7.50. The van der Waals surface area contributed by atoms with Crippen LogP contribution in [0.1, 0.15) is 30.1 Å². The van der Waals surface area contributed by atoms with E-state index >= 15 is 0 Å². The molecule has 2 aromatic carbocycles. The highest BCUT2D eigenvalue weighted by Crippen LogP contribution is 2.19. The summed E-state index contributed by atoms with van der Waals surface area (Å²) in [6, 6.07) is 13.4. The van der Waals surface area contributed by atoms with Crippen LogP contribution in [-0.2, 0) is 19.4 Å². The Morgan fingerprint density at radius 1 is 0.939 bits per heavy atom. The van der Waals surface area contributed by atoms with Crippen molar-refractivity contribution in [2.45, 2.75) is 30.0 Å². The molecule has 1 fully saturated rings. The van der Waals surface area contributed by atoms with E-state index < -0.39 is 27.0 Å². The van der Waals surface area contributed by atoms with E-state index in [1.807, 2.05) is 6.92 Å². The van der Waals surface area contributed by atoms with Crippen molar-refractivity contribution in [2.24, 2.45) is 0 Å². The maximum absolute atomic E-state index is 13.3. The number of amides is 3. The van der Waals surface area contributed by atoms with Crippen LogP contribution in [-0.4, -0.2) is 67.5 Å². The fourth-order valence-corrected chi connectivity index (χ4v) is 5.15. The molecule has 3 rings (SSSR count). The monoisotopic (exact) mass is 491 g/mol. The van der Waals surface area contributed by atoms with Gasteiger partial charge in [0.25, 0.3) is 11.8 Å². The molecule has 0 spiro atoms. The fraction of sp³-hybridized carbons (Fsp3) is 0.348. The average Bonchev–Trinajstić information content (AvgIpc) is 2.83. The van der Waals surface area contributed by atoms with Gasteiger partial charge in [0.2, 0.25) is 21.1 Å². The van der Waals surface area contributed by atoms with E-state index in [9.17, 15) is 22.8 Å². The zero-order valence-corrected chi connectivity index (χ0v) is 19.8. The van der Waals surface area contributed by atoms with Gasteiger partial charge in [-0.3, -0.25) is 14.4 Å². The molecule has 1 N–H and O–H groups in total. The van der Waals surface area contributed by atoms with E-state index in [1.165, 1.54) is 41.3 Å². The van der Waals surface area contributed by atoms with Gasteiger partial charge in [-0.2, -0.15) is 0 Å². The summed E-state index contributed by atoms with van der Waals surface area (Å²) in [5.74, 6) is -1.43. The van der Waals surface area contributed by atoms with Crippen LogP contribution in [0.3, 0.4) is 0 Å². The van der Waals surface area contributed by atoms with Crippen molar-refractivity contribution in [1.29, 1.82) is 0 Å². The van der Waals surface area contributed by atoms with Gasteiger partial charge in [-0.15, -0.1) is 0 Å². The number of carbonyl (C=O) groups excluding carboxylic acids is 3. The Balaban J connectivity index is 1.84. The predicted molar refractivity (Wildman–Crippen MR) is 124 cm³/mol. The van der Waals surface area contributed by atoms with Crippen LogP contribution < -0.4 is 5.32 Å². The Morgan fingerprint density at radius 3 is 2.09 bits per heavy atom. The highest BCUT2D eigenvalue weighted by atomic mass is 35.5. The van der Waals surface area contributed by atoms with Gasteiger partial charge in [-0.25, -0.2) is 8.42 Å². The Bertz CT molecular complexity index is 1100.